The van der Waals surface area contributed by atoms with Crippen LogP contribution in [0, 0.1) is 6.92 Å². The molecule has 0 unspecified atom stereocenters. The number of aromatic carboxylic acids is 1. The first-order chi connectivity index (χ1) is 8.89. The molecule has 0 spiro atoms. The maximum Gasteiger partial charge on any atom is 0.337 e. The van der Waals surface area contributed by atoms with Gasteiger partial charge < -0.3 is 26.4 Å². The molecule has 0 aliphatic heterocycles. The van der Waals surface area contributed by atoms with Crippen LogP contribution in [-0.2, 0) is 0 Å². The highest BCUT2D eigenvalue weighted by atomic mass is 16.4. The lowest BCUT2D eigenvalue weighted by Crippen LogP contribution is -2.45. The van der Waals surface area contributed by atoms with Crippen LogP contribution in [0.4, 0.5) is 11.4 Å². The average Bonchev–Trinajstić information content (AvgIpc) is 2.39. The van der Waals surface area contributed by atoms with Crippen molar-refractivity contribution in [3.05, 3.63) is 23.3 Å². The van der Waals surface area contributed by atoms with Gasteiger partial charge in [0.15, 0.2) is 0 Å². The first kappa shape index (κ1) is 15.3. The summed E-state index contributed by atoms with van der Waals surface area (Å²) < 4.78 is 0. The fraction of sp³-hybridized carbons (Fsp3) is 0.462. The van der Waals surface area contributed by atoms with E-state index in [4.69, 9.17) is 10.8 Å². The maximum absolute atomic E-state index is 11.1. The summed E-state index contributed by atoms with van der Waals surface area (Å²) in [5.41, 5.74) is 6.19. The summed E-state index contributed by atoms with van der Waals surface area (Å²) in [5, 5.41) is 30.8. The lowest BCUT2D eigenvalue weighted by molar-refractivity contribution is 0.0698. The van der Waals surface area contributed by atoms with Gasteiger partial charge in [-0.05, 0) is 31.0 Å². The Bertz CT molecular complexity index is 462. The van der Waals surface area contributed by atoms with Crippen LogP contribution in [0.25, 0.3) is 0 Å². The lowest BCUT2D eigenvalue weighted by Gasteiger charge is -2.31. The number of carboxylic acid groups (broad SMARTS) is 1. The van der Waals surface area contributed by atoms with E-state index < -0.39 is 11.5 Å². The minimum atomic E-state index is -1.11. The molecule has 6 heteroatoms. The van der Waals surface area contributed by atoms with Crippen LogP contribution in [0.3, 0.4) is 0 Å². The van der Waals surface area contributed by atoms with Gasteiger partial charge in [-0.15, -0.1) is 0 Å². The second kappa shape index (κ2) is 5.90. The highest BCUT2D eigenvalue weighted by Crippen LogP contribution is 2.26. The van der Waals surface area contributed by atoms with E-state index in [1.807, 2.05) is 6.92 Å². The first-order valence-corrected chi connectivity index (χ1v) is 6.02. The molecule has 1 aromatic rings. The molecule has 0 saturated carbocycles. The minimum absolute atomic E-state index is 0.00313. The third-order valence-corrected chi connectivity index (χ3v) is 3.31. The van der Waals surface area contributed by atoms with Gasteiger partial charge in [-0.2, -0.15) is 0 Å². The van der Waals surface area contributed by atoms with Gasteiger partial charge in [-0.3, -0.25) is 0 Å². The average molecular weight is 268 g/mol. The van der Waals surface area contributed by atoms with Crippen LogP contribution in [-0.4, -0.2) is 40.0 Å². The number of anilines is 2. The van der Waals surface area contributed by atoms with E-state index in [0.717, 1.165) is 0 Å². The van der Waals surface area contributed by atoms with Crippen molar-refractivity contribution in [2.45, 2.75) is 25.8 Å². The number of carbonyl (C=O) groups is 1. The highest BCUT2D eigenvalue weighted by Gasteiger charge is 2.27. The summed E-state index contributed by atoms with van der Waals surface area (Å²) in [6.07, 6.45) is 0.492. The molecule has 1 aromatic carbocycles. The second-order valence-corrected chi connectivity index (χ2v) is 4.63. The monoisotopic (exact) mass is 268 g/mol. The third-order valence-electron chi connectivity index (χ3n) is 3.31. The largest absolute Gasteiger partial charge is 0.478 e. The number of nitrogens with one attached hydrogen (secondary N) is 1. The van der Waals surface area contributed by atoms with Gasteiger partial charge in [0, 0.05) is 11.4 Å². The van der Waals surface area contributed by atoms with Crippen molar-refractivity contribution < 1.29 is 20.1 Å². The summed E-state index contributed by atoms with van der Waals surface area (Å²) in [7, 11) is 0. The maximum atomic E-state index is 11.1. The lowest BCUT2D eigenvalue weighted by atomic mass is 9.97. The Hall–Kier alpha value is -1.79. The smallest absolute Gasteiger partial charge is 0.337 e. The van der Waals surface area contributed by atoms with Gasteiger partial charge in [-0.1, -0.05) is 6.92 Å². The molecular formula is C13H20N2O4. The molecule has 0 bridgehead atoms. The van der Waals surface area contributed by atoms with Crippen molar-refractivity contribution in [1.29, 1.82) is 0 Å². The van der Waals surface area contributed by atoms with Gasteiger partial charge in [0.05, 0.1) is 24.3 Å². The molecule has 1 rings (SSSR count). The molecule has 0 saturated heterocycles. The molecule has 0 amide bonds. The number of nitrogens with two attached hydrogens (primary N) is 1. The Morgan fingerprint density at radius 1 is 1.37 bits per heavy atom. The zero-order chi connectivity index (χ0) is 14.6. The van der Waals surface area contributed by atoms with Crippen LogP contribution in [0.1, 0.15) is 29.3 Å². The Morgan fingerprint density at radius 3 is 2.37 bits per heavy atom. The highest BCUT2D eigenvalue weighted by molar-refractivity contribution is 5.95. The number of aryl methyl sites for hydroxylation is 1. The Morgan fingerprint density at radius 2 is 1.95 bits per heavy atom. The molecule has 106 valence electrons. The van der Waals surface area contributed by atoms with Crippen molar-refractivity contribution in [2.24, 2.45) is 0 Å². The Balaban J connectivity index is 3.18. The van der Waals surface area contributed by atoms with E-state index in [1.54, 1.807) is 13.0 Å². The van der Waals surface area contributed by atoms with E-state index in [1.165, 1.54) is 6.07 Å². The standard InChI is InChI=1S/C13H20N2O4/c1-3-13(6-16,7-17)15-9-4-8(2)11(14)10(5-9)12(18)19/h4-5,15-17H,3,6-7,14H2,1-2H3,(H,18,19). The molecular weight excluding hydrogens is 248 g/mol. The fourth-order valence-corrected chi connectivity index (χ4v) is 1.79. The molecule has 0 fully saturated rings. The summed E-state index contributed by atoms with van der Waals surface area (Å²) in [6, 6.07) is 3.10. The van der Waals surface area contributed by atoms with Gasteiger partial charge in [-0.25, -0.2) is 4.79 Å². The Labute approximate surface area is 111 Å². The van der Waals surface area contributed by atoms with E-state index in [2.05, 4.69) is 5.32 Å². The van der Waals surface area contributed by atoms with Gasteiger partial charge in [0.2, 0.25) is 0 Å². The number of aliphatic hydroxyl groups excluding tert-OH is 2. The SMILES string of the molecule is CCC(CO)(CO)Nc1cc(C)c(N)c(C(=O)O)c1. The fourth-order valence-electron chi connectivity index (χ4n) is 1.79. The molecule has 6 N–H and O–H groups in total. The van der Waals surface area contributed by atoms with Crippen molar-refractivity contribution >= 4 is 17.3 Å². The number of nitrogen functional groups attached to an aromatic ring is 1. The molecule has 0 heterocycles. The number of hydrogen-bond donors (Lipinski definition) is 5. The van der Waals surface area contributed by atoms with Crippen LogP contribution < -0.4 is 11.1 Å². The molecule has 0 radical (unpaired) electrons. The number of benzene rings is 1. The van der Waals surface area contributed by atoms with Gasteiger partial charge in [0.1, 0.15) is 0 Å². The predicted molar refractivity (Wildman–Crippen MR) is 73.4 cm³/mol. The minimum Gasteiger partial charge on any atom is -0.478 e. The van der Waals surface area contributed by atoms with Crippen LogP contribution in [0.5, 0.6) is 0 Å². The van der Waals surface area contributed by atoms with Crippen LogP contribution in [0.2, 0.25) is 0 Å². The molecule has 0 aliphatic rings. The van der Waals surface area contributed by atoms with Gasteiger partial charge in [0.25, 0.3) is 0 Å². The number of aliphatic hydroxyl groups is 2. The molecule has 0 aromatic heterocycles. The number of hydrogen-bond acceptors (Lipinski definition) is 5. The topological polar surface area (TPSA) is 116 Å². The van der Waals surface area contributed by atoms with E-state index in [9.17, 15) is 15.0 Å². The van der Waals surface area contributed by atoms with Crippen LogP contribution in [0.15, 0.2) is 12.1 Å². The van der Waals surface area contributed by atoms with E-state index in [-0.39, 0.29) is 24.5 Å². The Kier molecular flexibility index (Phi) is 4.74. The molecule has 6 nitrogen and oxygen atoms in total. The third kappa shape index (κ3) is 3.15. The van der Waals surface area contributed by atoms with Crippen LogP contribution >= 0.6 is 0 Å². The van der Waals surface area contributed by atoms with Crippen molar-refractivity contribution in [1.82, 2.24) is 0 Å². The predicted octanol–water partition coefficient (Wildman–Crippen LogP) is 0.821. The van der Waals surface area contributed by atoms with Gasteiger partial charge >= 0.3 is 5.97 Å². The summed E-state index contributed by atoms with van der Waals surface area (Å²) in [4.78, 5) is 11.1. The summed E-state index contributed by atoms with van der Waals surface area (Å²) in [6.45, 7) is 3.01. The van der Waals surface area contributed by atoms with E-state index in [0.29, 0.717) is 17.7 Å². The zero-order valence-electron chi connectivity index (χ0n) is 11.1. The second-order valence-electron chi connectivity index (χ2n) is 4.63. The number of rotatable bonds is 6. The van der Waals surface area contributed by atoms with Crippen molar-refractivity contribution in [3.8, 4) is 0 Å². The quantitative estimate of drug-likeness (QED) is 0.488. The normalized spacial score (nSPS) is 11.4. The van der Waals surface area contributed by atoms with Crippen molar-refractivity contribution in [2.75, 3.05) is 24.3 Å². The zero-order valence-corrected chi connectivity index (χ0v) is 11.1. The molecule has 19 heavy (non-hydrogen) atoms. The van der Waals surface area contributed by atoms with Crippen molar-refractivity contribution in [3.63, 3.8) is 0 Å². The summed E-state index contributed by atoms with van der Waals surface area (Å²) in [5.74, 6) is -1.11. The molecule has 0 aliphatic carbocycles. The first-order valence-electron chi connectivity index (χ1n) is 6.02. The number of carboxylic acids is 1. The molecule has 0 atom stereocenters. The van der Waals surface area contributed by atoms with E-state index >= 15 is 0 Å². The summed E-state index contributed by atoms with van der Waals surface area (Å²) >= 11 is 0.